The van der Waals surface area contributed by atoms with Gasteiger partial charge in [-0.3, -0.25) is 14.9 Å². The predicted octanol–water partition coefficient (Wildman–Crippen LogP) is 6.96. The lowest BCUT2D eigenvalue weighted by Crippen LogP contribution is -2.13. The number of hydrogen-bond acceptors (Lipinski definition) is 7. The number of carbonyl (C=O) groups is 1. The Morgan fingerprint density at radius 2 is 1.54 bits per heavy atom. The lowest BCUT2D eigenvalue weighted by molar-refractivity contribution is -0.384. The van der Waals surface area contributed by atoms with E-state index in [9.17, 15) is 20.2 Å². The van der Waals surface area contributed by atoms with E-state index in [4.69, 9.17) is 25.8 Å². The number of nitro groups is 1. The molecule has 4 aromatic carbocycles. The molecule has 0 saturated heterocycles. The van der Waals surface area contributed by atoms with Crippen molar-refractivity contribution in [3.05, 3.63) is 128 Å². The van der Waals surface area contributed by atoms with Crippen molar-refractivity contribution in [2.24, 2.45) is 0 Å². The van der Waals surface area contributed by atoms with Gasteiger partial charge in [0.2, 0.25) is 0 Å². The molecule has 0 aliphatic carbocycles. The monoisotopic (exact) mass is 569 g/mol. The molecule has 0 aliphatic heterocycles. The largest absolute Gasteiger partial charge is 0.497 e. The van der Waals surface area contributed by atoms with Crippen molar-refractivity contribution in [3.63, 3.8) is 0 Å². The van der Waals surface area contributed by atoms with Gasteiger partial charge in [-0.1, -0.05) is 23.7 Å². The zero-order chi connectivity index (χ0) is 29.2. The molecule has 0 atom stereocenters. The number of anilines is 1. The number of carbonyl (C=O) groups excluding carboxylic acids is 1. The first-order chi connectivity index (χ1) is 19.8. The number of non-ortho nitro benzene ring substituents is 1. The highest BCUT2D eigenvalue weighted by Crippen LogP contribution is 2.28. The summed E-state index contributed by atoms with van der Waals surface area (Å²) in [6.45, 7) is 0.465. The maximum absolute atomic E-state index is 12.9. The number of nitrogens with zero attached hydrogens (tertiary/aromatic N) is 2. The van der Waals surface area contributed by atoms with E-state index in [-0.39, 0.29) is 17.9 Å². The summed E-state index contributed by atoms with van der Waals surface area (Å²) in [5, 5.41) is 24.0. The Morgan fingerprint density at radius 3 is 2.15 bits per heavy atom. The van der Waals surface area contributed by atoms with E-state index in [0.29, 0.717) is 45.7 Å². The molecule has 0 heterocycles. The van der Waals surface area contributed by atoms with Gasteiger partial charge < -0.3 is 19.5 Å². The fraction of sp³-hybridized carbons (Fsp3) is 0.0968. The molecule has 0 fully saturated rings. The normalized spacial score (nSPS) is 10.8. The molecule has 0 aliphatic rings. The van der Waals surface area contributed by atoms with Crippen LogP contribution in [0.25, 0.3) is 6.08 Å². The van der Waals surface area contributed by atoms with Crippen molar-refractivity contribution in [2.45, 2.75) is 13.2 Å². The van der Waals surface area contributed by atoms with Gasteiger partial charge in [0.25, 0.3) is 11.6 Å². The number of nitriles is 1. The van der Waals surface area contributed by atoms with E-state index in [2.05, 4.69) is 5.32 Å². The smallest absolute Gasteiger partial charge is 0.269 e. The van der Waals surface area contributed by atoms with Gasteiger partial charge in [-0.15, -0.1) is 0 Å². The first-order valence-electron chi connectivity index (χ1n) is 12.3. The second-order valence-corrected chi connectivity index (χ2v) is 9.12. The minimum Gasteiger partial charge on any atom is -0.497 e. The Balaban J connectivity index is 1.43. The molecule has 206 valence electrons. The SMILES string of the molecule is COc1ccc(/C=C(\C#N)C(=O)Nc2ccc(OCc3ccc(Cl)cc3)cc2)c(OCc2ccc([N+](=O)[O-])cc2)c1. The summed E-state index contributed by atoms with van der Waals surface area (Å²) >= 11 is 5.91. The zero-order valence-corrected chi connectivity index (χ0v) is 22.6. The average molecular weight is 570 g/mol. The van der Waals surface area contributed by atoms with Crippen LogP contribution in [0.3, 0.4) is 0 Å². The van der Waals surface area contributed by atoms with Gasteiger partial charge in [0.05, 0.1) is 12.0 Å². The molecule has 9 nitrogen and oxygen atoms in total. The molecule has 0 saturated carbocycles. The van der Waals surface area contributed by atoms with Crippen LogP contribution in [0.2, 0.25) is 5.02 Å². The van der Waals surface area contributed by atoms with E-state index >= 15 is 0 Å². The summed E-state index contributed by atoms with van der Waals surface area (Å²) in [4.78, 5) is 23.3. The zero-order valence-electron chi connectivity index (χ0n) is 21.9. The minimum absolute atomic E-state index is 0.0245. The summed E-state index contributed by atoms with van der Waals surface area (Å²) in [6.07, 6.45) is 1.42. The van der Waals surface area contributed by atoms with Crippen molar-refractivity contribution in [3.8, 4) is 23.3 Å². The summed E-state index contributed by atoms with van der Waals surface area (Å²) in [6, 6.07) is 27.0. The van der Waals surface area contributed by atoms with E-state index in [1.54, 1.807) is 66.7 Å². The number of methoxy groups -OCH3 is 1. The number of nitro benzene ring substituents is 1. The van der Waals surface area contributed by atoms with Gasteiger partial charge in [0.15, 0.2) is 0 Å². The number of amides is 1. The highest BCUT2D eigenvalue weighted by molar-refractivity contribution is 6.30. The van der Waals surface area contributed by atoms with Crippen molar-refractivity contribution in [2.75, 3.05) is 12.4 Å². The minimum atomic E-state index is -0.598. The van der Waals surface area contributed by atoms with Gasteiger partial charge in [0, 0.05) is 34.5 Å². The van der Waals surface area contributed by atoms with Crippen molar-refractivity contribution >= 4 is 35.0 Å². The molecule has 0 bridgehead atoms. The van der Waals surface area contributed by atoms with Crippen molar-refractivity contribution in [1.29, 1.82) is 5.26 Å². The van der Waals surface area contributed by atoms with Crippen LogP contribution in [0.4, 0.5) is 11.4 Å². The second kappa shape index (κ2) is 13.6. The van der Waals surface area contributed by atoms with Gasteiger partial charge in [0.1, 0.15) is 42.1 Å². The third-order valence-electron chi connectivity index (χ3n) is 5.86. The lowest BCUT2D eigenvalue weighted by atomic mass is 10.1. The van der Waals surface area contributed by atoms with E-state index in [1.807, 2.05) is 18.2 Å². The molecule has 4 aromatic rings. The first-order valence-corrected chi connectivity index (χ1v) is 12.7. The Bertz CT molecular complexity index is 1600. The summed E-state index contributed by atoms with van der Waals surface area (Å²) in [5.41, 5.74) is 2.46. The average Bonchev–Trinajstić information content (AvgIpc) is 2.99. The third kappa shape index (κ3) is 8.08. The quantitative estimate of drug-likeness (QED) is 0.0895. The van der Waals surface area contributed by atoms with E-state index in [1.165, 1.54) is 25.3 Å². The number of ether oxygens (including phenoxy) is 3. The van der Waals surface area contributed by atoms with Crippen LogP contribution in [0.15, 0.2) is 96.6 Å². The van der Waals surface area contributed by atoms with Gasteiger partial charge >= 0.3 is 0 Å². The molecule has 1 N–H and O–H groups in total. The summed E-state index contributed by atoms with van der Waals surface area (Å²) < 4.78 is 17.0. The molecule has 0 aromatic heterocycles. The highest BCUT2D eigenvalue weighted by Gasteiger charge is 2.13. The summed E-state index contributed by atoms with van der Waals surface area (Å²) in [7, 11) is 1.51. The van der Waals surface area contributed by atoms with Crippen LogP contribution in [0.1, 0.15) is 16.7 Å². The number of halogens is 1. The fourth-order valence-corrected chi connectivity index (χ4v) is 3.77. The van der Waals surface area contributed by atoms with E-state index < -0.39 is 10.8 Å². The fourth-order valence-electron chi connectivity index (χ4n) is 3.65. The maximum atomic E-state index is 12.9. The molecule has 0 radical (unpaired) electrons. The van der Waals surface area contributed by atoms with Crippen LogP contribution in [0, 0.1) is 21.4 Å². The predicted molar refractivity (Wildman–Crippen MR) is 155 cm³/mol. The molecule has 0 unspecified atom stereocenters. The maximum Gasteiger partial charge on any atom is 0.269 e. The van der Waals surface area contributed by atoms with Crippen LogP contribution in [-0.4, -0.2) is 17.9 Å². The van der Waals surface area contributed by atoms with Gasteiger partial charge in [-0.2, -0.15) is 5.26 Å². The first kappa shape index (κ1) is 28.7. The van der Waals surface area contributed by atoms with Crippen molar-refractivity contribution < 1.29 is 23.9 Å². The molecule has 10 heteroatoms. The van der Waals surface area contributed by atoms with Crippen LogP contribution in [0.5, 0.6) is 17.2 Å². The Morgan fingerprint density at radius 1 is 0.927 bits per heavy atom. The molecule has 41 heavy (non-hydrogen) atoms. The number of rotatable bonds is 11. The second-order valence-electron chi connectivity index (χ2n) is 8.68. The molecule has 4 rings (SSSR count). The van der Waals surface area contributed by atoms with Gasteiger partial charge in [-0.05, 0) is 77.9 Å². The molecular weight excluding hydrogens is 546 g/mol. The third-order valence-corrected chi connectivity index (χ3v) is 6.11. The Hall–Kier alpha value is -5.33. The van der Waals surface area contributed by atoms with Crippen LogP contribution in [-0.2, 0) is 18.0 Å². The van der Waals surface area contributed by atoms with Gasteiger partial charge in [-0.25, -0.2) is 0 Å². The Labute approximate surface area is 241 Å². The lowest BCUT2D eigenvalue weighted by Gasteiger charge is -2.12. The molecule has 0 spiro atoms. The van der Waals surface area contributed by atoms with Crippen LogP contribution < -0.4 is 19.5 Å². The van der Waals surface area contributed by atoms with Crippen LogP contribution >= 0.6 is 11.6 Å². The van der Waals surface area contributed by atoms with Crippen molar-refractivity contribution in [1.82, 2.24) is 0 Å². The number of hydrogen-bond donors (Lipinski definition) is 1. The Kier molecular flexibility index (Phi) is 9.54. The standard InChI is InChI=1S/C31H24ClN3O6/c1-39-29-13-6-23(30(17-29)41-20-22-4-11-27(12-5-22)35(37)38)16-24(18-33)31(36)34-26-9-14-28(15-10-26)40-19-21-2-7-25(32)8-3-21/h2-17H,19-20H2,1H3,(H,34,36)/b24-16+. The highest BCUT2D eigenvalue weighted by atomic mass is 35.5. The number of benzene rings is 4. The number of nitrogens with one attached hydrogen (secondary N) is 1. The molecular formula is C31H24ClN3O6. The topological polar surface area (TPSA) is 124 Å². The molecule has 1 amide bonds. The van der Waals surface area contributed by atoms with E-state index in [0.717, 1.165) is 5.56 Å². The summed E-state index contributed by atoms with van der Waals surface area (Å²) in [5.74, 6) is 0.897.